The van der Waals surface area contributed by atoms with Crippen molar-refractivity contribution in [1.82, 2.24) is 5.32 Å². The van der Waals surface area contributed by atoms with Crippen molar-refractivity contribution >= 4 is 5.69 Å². The van der Waals surface area contributed by atoms with Crippen molar-refractivity contribution in [3.05, 3.63) is 30.3 Å². The van der Waals surface area contributed by atoms with E-state index in [1.54, 1.807) is 0 Å². The number of hydrogen-bond acceptors (Lipinski definition) is 2. The van der Waals surface area contributed by atoms with Gasteiger partial charge in [-0.05, 0) is 25.1 Å². The molecule has 0 heterocycles. The van der Waals surface area contributed by atoms with Gasteiger partial charge in [-0.25, -0.2) is 0 Å². The smallest absolute Gasteiger partial charge is 0.0765 e. The molecule has 2 N–H and O–H groups in total. The lowest BCUT2D eigenvalue weighted by atomic mass is 10.3. The highest BCUT2D eigenvalue weighted by Crippen LogP contribution is 2.06. The Bertz CT molecular complexity index is 221. The van der Waals surface area contributed by atoms with Gasteiger partial charge in [-0.1, -0.05) is 32.0 Å². The molecule has 1 aromatic carbocycles. The second kappa shape index (κ2) is 5.60. The van der Waals surface area contributed by atoms with Crippen molar-refractivity contribution in [3.63, 3.8) is 0 Å². The lowest BCUT2D eigenvalue weighted by Gasteiger charge is -2.18. The molecule has 1 rings (SSSR count). The molecule has 72 valence electrons. The first-order valence-corrected chi connectivity index (χ1v) is 4.91. The van der Waals surface area contributed by atoms with Crippen molar-refractivity contribution in [1.29, 1.82) is 0 Å². The van der Waals surface area contributed by atoms with Gasteiger partial charge < -0.3 is 5.32 Å². The number of anilines is 1. The van der Waals surface area contributed by atoms with E-state index in [0.717, 1.165) is 13.0 Å². The summed E-state index contributed by atoms with van der Waals surface area (Å²) >= 11 is 0. The van der Waals surface area contributed by atoms with Crippen LogP contribution < -0.4 is 10.6 Å². The Labute approximate surface area is 80.4 Å². The third-order valence-electron chi connectivity index (χ3n) is 1.97. The molecule has 0 aromatic heterocycles. The van der Waals surface area contributed by atoms with Crippen LogP contribution in [0.5, 0.6) is 0 Å². The van der Waals surface area contributed by atoms with Gasteiger partial charge in [0.15, 0.2) is 0 Å². The Morgan fingerprint density at radius 1 is 1.15 bits per heavy atom. The summed E-state index contributed by atoms with van der Waals surface area (Å²) in [7, 11) is 0. The maximum Gasteiger partial charge on any atom is 0.0765 e. The monoisotopic (exact) mass is 178 g/mol. The van der Waals surface area contributed by atoms with Gasteiger partial charge in [-0.3, -0.25) is 5.32 Å². The third kappa shape index (κ3) is 3.47. The topological polar surface area (TPSA) is 24.1 Å². The van der Waals surface area contributed by atoms with Crippen molar-refractivity contribution in [3.8, 4) is 0 Å². The van der Waals surface area contributed by atoms with E-state index < -0.39 is 0 Å². The zero-order valence-corrected chi connectivity index (χ0v) is 8.38. The van der Waals surface area contributed by atoms with Crippen molar-refractivity contribution in [2.45, 2.75) is 26.4 Å². The lowest BCUT2D eigenvalue weighted by Crippen LogP contribution is -2.35. The minimum absolute atomic E-state index is 0.382. The van der Waals surface area contributed by atoms with Crippen LogP contribution >= 0.6 is 0 Å². The van der Waals surface area contributed by atoms with Crippen LogP contribution in [0.4, 0.5) is 5.69 Å². The predicted molar refractivity (Wildman–Crippen MR) is 57.8 cm³/mol. The zero-order valence-electron chi connectivity index (χ0n) is 8.38. The van der Waals surface area contributed by atoms with Crippen LogP contribution in [0.3, 0.4) is 0 Å². The maximum absolute atomic E-state index is 3.42. The Morgan fingerprint density at radius 2 is 1.85 bits per heavy atom. The lowest BCUT2D eigenvalue weighted by molar-refractivity contribution is 0.565. The van der Waals surface area contributed by atoms with E-state index in [1.807, 2.05) is 18.2 Å². The minimum Gasteiger partial charge on any atom is -0.370 e. The normalized spacial score (nSPS) is 12.5. The highest BCUT2D eigenvalue weighted by molar-refractivity contribution is 5.43. The average Bonchev–Trinajstić information content (AvgIpc) is 2.19. The molecule has 0 saturated heterocycles. The predicted octanol–water partition coefficient (Wildman–Crippen LogP) is 2.44. The molecule has 0 amide bonds. The highest BCUT2D eigenvalue weighted by atomic mass is 15.1. The van der Waals surface area contributed by atoms with Crippen molar-refractivity contribution in [2.75, 3.05) is 11.9 Å². The number of hydrogen-bond donors (Lipinski definition) is 2. The van der Waals surface area contributed by atoms with Gasteiger partial charge in [0.1, 0.15) is 0 Å². The van der Waals surface area contributed by atoms with Crippen LogP contribution in [0, 0.1) is 0 Å². The van der Waals surface area contributed by atoms with Crippen LogP contribution in [0.25, 0.3) is 0 Å². The molecule has 0 fully saturated rings. The summed E-state index contributed by atoms with van der Waals surface area (Å²) in [6, 6.07) is 10.3. The molecule has 2 heteroatoms. The summed E-state index contributed by atoms with van der Waals surface area (Å²) < 4.78 is 0. The fraction of sp³-hybridized carbons (Fsp3) is 0.455. The van der Waals surface area contributed by atoms with Crippen LogP contribution in [0.15, 0.2) is 30.3 Å². The molecule has 0 aliphatic rings. The molecule has 0 aliphatic carbocycles. The van der Waals surface area contributed by atoms with E-state index in [2.05, 4.69) is 36.6 Å². The van der Waals surface area contributed by atoms with Gasteiger partial charge in [0.2, 0.25) is 0 Å². The fourth-order valence-electron chi connectivity index (χ4n) is 1.28. The average molecular weight is 178 g/mol. The fourth-order valence-corrected chi connectivity index (χ4v) is 1.28. The molecule has 1 aromatic rings. The zero-order chi connectivity index (χ0) is 9.52. The second-order valence-electron chi connectivity index (χ2n) is 3.03. The van der Waals surface area contributed by atoms with Gasteiger partial charge in [0.25, 0.3) is 0 Å². The van der Waals surface area contributed by atoms with E-state index in [-0.39, 0.29) is 0 Å². The summed E-state index contributed by atoms with van der Waals surface area (Å²) in [4.78, 5) is 0. The van der Waals surface area contributed by atoms with E-state index in [9.17, 15) is 0 Å². The molecule has 1 atom stereocenters. The Balaban J connectivity index is 2.46. The molecule has 13 heavy (non-hydrogen) atoms. The van der Waals surface area contributed by atoms with Crippen molar-refractivity contribution < 1.29 is 0 Å². The quantitative estimate of drug-likeness (QED) is 0.677. The number of para-hydroxylation sites is 1. The molecular weight excluding hydrogens is 160 g/mol. The van der Waals surface area contributed by atoms with Crippen LogP contribution in [0.2, 0.25) is 0 Å². The Morgan fingerprint density at radius 3 is 2.38 bits per heavy atom. The van der Waals surface area contributed by atoms with Crippen molar-refractivity contribution in [2.24, 2.45) is 0 Å². The Hall–Kier alpha value is -1.02. The molecule has 2 nitrogen and oxygen atoms in total. The molecule has 0 saturated carbocycles. The highest BCUT2D eigenvalue weighted by Gasteiger charge is 2.01. The van der Waals surface area contributed by atoms with Crippen LogP contribution in [0.1, 0.15) is 20.3 Å². The first kappa shape index (κ1) is 10.1. The first-order chi connectivity index (χ1) is 6.36. The second-order valence-corrected chi connectivity index (χ2v) is 3.03. The van der Waals surface area contributed by atoms with E-state index in [4.69, 9.17) is 0 Å². The summed E-state index contributed by atoms with van der Waals surface area (Å²) in [5.41, 5.74) is 1.18. The molecule has 0 radical (unpaired) electrons. The molecule has 0 spiro atoms. The van der Waals surface area contributed by atoms with Gasteiger partial charge in [0.05, 0.1) is 6.17 Å². The number of rotatable bonds is 5. The third-order valence-corrected chi connectivity index (χ3v) is 1.97. The molecule has 0 aliphatic heterocycles. The van der Waals surface area contributed by atoms with Gasteiger partial charge in [-0.2, -0.15) is 0 Å². The summed E-state index contributed by atoms with van der Waals surface area (Å²) in [6.45, 7) is 5.29. The van der Waals surface area contributed by atoms with Crippen LogP contribution in [-0.2, 0) is 0 Å². The van der Waals surface area contributed by atoms with Gasteiger partial charge in [-0.15, -0.1) is 0 Å². The molecule has 1 unspecified atom stereocenters. The minimum atomic E-state index is 0.382. The van der Waals surface area contributed by atoms with E-state index in [1.165, 1.54) is 5.69 Å². The summed E-state index contributed by atoms with van der Waals surface area (Å²) in [6.07, 6.45) is 1.47. The SMILES string of the molecule is CCNC(CC)Nc1ccccc1. The maximum atomic E-state index is 3.42. The largest absolute Gasteiger partial charge is 0.370 e. The number of nitrogens with one attached hydrogen (secondary N) is 2. The molecular formula is C11H18N2. The first-order valence-electron chi connectivity index (χ1n) is 4.91. The summed E-state index contributed by atoms with van der Waals surface area (Å²) in [5, 5.41) is 6.79. The number of benzene rings is 1. The standard InChI is InChI=1S/C11H18N2/c1-3-11(12-4-2)13-10-8-6-5-7-9-10/h5-9,11-13H,3-4H2,1-2H3. The van der Waals surface area contributed by atoms with Gasteiger partial charge >= 0.3 is 0 Å². The van der Waals surface area contributed by atoms with E-state index in [0.29, 0.717) is 6.17 Å². The Kier molecular flexibility index (Phi) is 4.33. The van der Waals surface area contributed by atoms with E-state index >= 15 is 0 Å². The van der Waals surface area contributed by atoms with Crippen LogP contribution in [-0.4, -0.2) is 12.7 Å². The molecule has 0 bridgehead atoms. The summed E-state index contributed by atoms with van der Waals surface area (Å²) in [5.74, 6) is 0. The van der Waals surface area contributed by atoms with Gasteiger partial charge in [0, 0.05) is 5.69 Å².